The standard InChI is InChI=1S/C12H8FNO3/c1-7(15)17-9-4-2-3-8-5-12(13,6-14)11(16)10(8)9/h2-4H,5H2,1H3. The summed E-state index contributed by atoms with van der Waals surface area (Å²) in [4.78, 5) is 22.6. The maximum Gasteiger partial charge on any atom is 0.308 e. The fraction of sp³-hybridized carbons (Fsp3) is 0.250. The van der Waals surface area contributed by atoms with Crippen molar-refractivity contribution in [1.29, 1.82) is 5.26 Å². The summed E-state index contributed by atoms with van der Waals surface area (Å²) in [5.74, 6) is -1.53. The first kappa shape index (κ1) is 11.3. The number of Topliss-reactive ketones (excluding diaryl/α,β-unsaturated/α-hetero) is 1. The molecule has 2 rings (SSSR count). The molecule has 0 N–H and O–H groups in total. The number of hydrogen-bond acceptors (Lipinski definition) is 4. The lowest BCUT2D eigenvalue weighted by atomic mass is 10.0. The molecule has 1 aliphatic rings. The van der Waals surface area contributed by atoms with Crippen molar-refractivity contribution in [2.75, 3.05) is 0 Å². The van der Waals surface area contributed by atoms with E-state index in [4.69, 9.17) is 10.00 Å². The van der Waals surface area contributed by atoms with Crippen LogP contribution in [0.3, 0.4) is 0 Å². The maximum absolute atomic E-state index is 13.9. The van der Waals surface area contributed by atoms with E-state index < -0.39 is 17.4 Å². The fourth-order valence-corrected chi connectivity index (χ4v) is 1.85. The van der Waals surface area contributed by atoms with Crippen molar-refractivity contribution < 1.29 is 18.7 Å². The lowest BCUT2D eigenvalue weighted by Gasteiger charge is -2.07. The molecule has 0 bridgehead atoms. The Morgan fingerprint density at radius 1 is 1.59 bits per heavy atom. The Labute approximate surface area is 96.6 Å². The number of ketones is 1. The van der Waals surface area contributed by atoms with Crippen LogP contribution in [0.4, 0.5) is 4.39 Å². The number of nitriles is 1. The van der Waals surface area contributed by atoms with Gasteiger partial charge in [0.05, 0.1) is 5.56 Å². The molecule has 0 amide bonds. The Hall–Kier alpha value is -2.22. The highest BCUT2D eigenvalue weighted by Crippen LogP contribution is 2.37. The van der Waals surface area contributed by atoms with Gasteiger partial charge in [0.1, 0.15) is 11.8 Å². The number of fused-ring (bicyclic) bond motifs is 1. The van der Waals surface area contributed by atoms with Gasteiger partial charge in [-0.15, -0.1) is 0 Å². The van der Waals surface area contributed by atoms with E-state index >= 15 is 0 Å². The molecule has 0 radical (unpaired) electrons. The van der Waals surface area contributed by atoms with Crippen LogP contribution in [0.1, 0.15) is 22.8 Å². The van der Waals surface area contributed by atoms with Crippen molar-refractivity contribution in [2.45, 2.75) is 19.0 Å². The van der Waals surface area contributed by atoms with Crippen molar-refractivity contribution in [3.8, 4) is 11.8 Å². The third-order valence-corrected chi connectivity index (χ3v) is 2.56. The van der Waals surface area contributed by atoms with E-state index in [2.05, 4.69) is 0 Å². The molecule has 5 heteroatoms. The van der Waals surface area contributed by atoms with Crippen LogP contribution in [0, 0.1) is 11.3 Å². The van der Waals surface area contributed by atoms with Gasteiger partial charge >= 0.3 is 5.97 Å². The molecular weight excluding hydrogens is 225 g/mol. The Morgan fingerprint density at radius 3 is 2.88 bits per heavy atom. The van der Waals surface area contributed by atoms with Gasteiger partial charge in [0, 0.05) is 13.3 Å². The molecule has 0 aliphatic heterocycles. The van der Waals surface area contributed by atoms with Gasteiger partial charge in [0.2, 0.25) is 5.78 Å². The zero-order valence-corrected chi connectivity index (χ0v) is 8.99. The van der Waals surface area contributed by atoms with Crippen LogP contribution in [0.15, 0.2) is 18.2 Å². The van der Waals surface area contributed by atoms with Gasteiger partial charge < -0.3 is 4.74 Å². The number of carbonyl (C=O) groups excluding carboxylic acids is 2. The highest BCUT2D eigenvalue weighted by Gasteiger charge is 2.48. The average molecular weight is 233 g/mol. The van der Waals surface area contributed by atoms with E-state index in [9.17, 15) is 14.0 Å². The van der Waals surface area contributed by atoms with Crippen LogP contribution in [-0.4, -0.2) is 17.4 Å². The number of rotatable bonds is 1. The number of esters is 1. The van der Waals surface area contributed by atoms with Gasteiger partial charge in [0.25, 0.3) is 5.67 Å². The molecule has 1 unspecified atom stereocenters. The normalized spacial score (nSPS) is 21.8. The zero-order chi connectivity index (χ0) is 12.6. The summed E-state index contributed by atoms with van der Waals surface area (Å²) in [6.45, 7) is 1.19. The number of benzene rings is 1. The molecule has 1 aromatic rings. The highest BCUT2D eigenvalue weighted by atomic mass is 19.1. The van der Waals surface area contributed by atoms with Gasteiger partial charge in [0.15, 0.2) is 0 Å². The minimum absolute atomic E-state index is 0.00764. The van der Waals surface area contributed by atoms with Crippen LogP contribution in [-0.2, 0) is 11.2 Å². The smallest absolute Gasteiger partial charge is 0.308 e. The third-order valence-electron chi connectivity index (χ3n) is 2.56. The Bertz CT molecular complexity index is 561. The summed E-state index contributed by atoms with van der Waals surface area (Å²) in [5, 5.41) is 8.69. The van der Waals surface area contributed by atoms with Gasteiger partial charge in [-0.1, -0.05) is 12.1 Å². The summed E-state index contributed by atoms with van der Waals surface area (Å²) in [6, 6.07) is 5.85. The summed E-state index contributed by atoms with van der Waals surface area (Å²) >= 11 is 0. The van der Waals surface area contributed by atoms with E-state index in [1.807, 2.05) is 0 Å². The third kappa shape index (κ3) is 1.68. The molecule has 0 aromatic heterocycles. The first-order valence-corrected chi connectivity index (χ1v) is 4.93. The zero-order valence-electron chi connectivity index (χ0n) is 8.99. The van der Waals surface area contributed by atoms with Crippen LogP contribution in [0.25, 0.3) is 0 Å². The first-order valence-electron chi connectivity index (χ1n) is 4.93. The predicted octanol–water partition coefficient (Wildman–Crippen LogP) is 1.58. The van der Waals surface area contributed by atoms with Crippen LogP contribution >= 0.6 is 0 Å². The topological polar surface area (TPSA) is 67.2 Å². The van der Waals surface area contributed by atoms with Gasteiger partial charge in [-0.25, -0.2) is 4.39 Å². The second-order valence-electron chi connectivity index (χ2n) is 3.80. The average Bonchev–Trinajstić information content (AvgIpc) is 2.52. The lowest BCUT2D eigenvalue weighted by Crippen LogP contribution is -2.28. The molecule has 17 heavy (non-hydrogen) atoms. The quantitative estimate of drug-likeness (QED) is 0.545. The molecule has 0 fully saturated rings. The Kier molecular flexibility index (Phi) is 2.43. The van der Waals surface area contributed by atoms with Gasteiger partial charge in [-0.05, 0) is 11.6 Å². The van der Waals surface area contributed by atoms with Crippen molar-refractivity contribution in [1.82, 2.24) is 0 Å². The monoisotopic (exact) mass is 233 g/mol. The highest BCUT2D eigenvalue weighted by molar-refractivity contribution is 6.11. The van der Waals surface area contributed by atoms with Crippen LogP contribution < -0.4 is 4.74 Å². The molecule has 1 atom stereocenters. The molecule has 86 valence electrons. The maximum atomic E-state index is 13.9. The molecule has 0 saturated heterocycles. The predicted molar refractivity (Wildman–Crippen MR) is 55.2 cm³/mol. The summed E-state index contributed by atoms with van der Waals surface area (Å²) in [5.41, 5.74) is -2.16. The van der Waals surface area contributed by atoms with E-state index in [1.165, 1.54) is 19.1 Å². The molecule has 0 heterocycles. The fourth-order valence-electron chi connectivity index (χ4n) is 1.85. The van der Waals surface area contributed by atoms with Crippen LogP contribution in [0.5, 0.6) is 5.75 Å². The molecule has 0 saturated carbocycles. The Balaban J connectivity index is 2.54. The number of hydrogen-bond donors (Lipinski definition) is 0. The van der Waals surface area contributed by atoms with E-state index in [0.29, 0.717) is 5.56 Å². The van der Waals surface area contributed by atoms with Crippen molar-refractivity contribution in [3.05, 3.63) is 29.3 Å². The summed E-state index contributed by atoms with van der Waals surface area (Å²) in [6.07, 6.45) is -0.299. The number of ether oxygens (including phenoxy) is 1. The summed E-state index contributed by atoms with van der Waals surface area (Å²) in [7, 11) is 0. The number of halogens is 1. The van der Waals surface area contributed by atoms with Gasteiger partial charge in [-0.2, -0.15) is 5.26 Å². The minimum atomic E-state index is -2.54. The van der Waals surface area contributed by atoms with Crippen LogP contribution in [0.2, 0.25) is 0 Å². The van der Waals surface area contributed by atoms with E-state index in [1.54, 1.807) is 12.1 Å². The lowest BCUT2D eigenvalue weighted by molar-refractivity contribution is -0.131. The second-order valence-corrected chi connectivity index (χ2v) is 3.80. The van der Waals surface area contributed by atoms with Crippen molar-refractivity contribution in [3.63, 3.8) is 0 Å². The van der Waals surface area contributed by atoms with E-state index in [0.717, 1.165) is 0 Å². The molecule has 1 aromatic carbocycles. The minimum Gasteiger partial charge on any atom is -0.426 e. The number of nitrogens with zero attached hydrogens (tertiary/aromatic N) is 1. The second kappa shape index (κ2) is 3.67. The first-order chi connectivity index (χ1) is 7.98. The van der Waals surface area contributed by atoms with Crippen molar-refractivity contribution in [2.24, 2.45) is 0 Å². The summed E-state index contributed by atoms with van der Waals surface area (Å²) < 4.78 is 18.7. The van der Waals surface area contributed by atoms with Gasteiger partial charge in [-0.3, -0.25) is 9.59 Å². The number of carbonyl (C=O) groups is 2. The molecule has 0 spiro atoms. The van der Waals surface area contributed by atoms with Crippen molar-refractivity contribution >= 4 is 11.8 Å². The molecular formula is C12H8FNO3. The number of alkyl halides is 1. The van der Waals surface area contributed by atoms with E-state index in [-0.39, 0.29) is 17.7 Å². The Morgan fingerprint density at radius 2 is 2.29 bits per heavy atom. The molecule has 1 aliphatic carbocycles. The largest absolute Gasteiger partial charge is 0.426 e. The SMILES string of the molecule is CC(=O)Oc1cccc2c1C(=O)C(F)(C#N)C2. The molecule has 4 nitrogen and oxygen atoms in total.